The molecular weight excluding hydrogens is 226 g/mol. The van der Waals surface area contributed by atoms with Crippen LogP contribution in [0.25, 0.3) is 0 Å². The van der Waals surface area contributed by atoms with E-state index in [1.54, 1.807) is 0 Å². The van der Waals surface area contributed by atoms with E-state index in [0.717, 1.165) is 25.9 Å². The number of carboxylic acids is 1. The highest BCUT2D eigenvalue weighted by Gasteiger charge is 2.10. The zero-order chi connectivity index (χ0) is 12.8. The van der Waals surface area contributed by atoms with Crippen molar-refractivity contribution in [2.75, 3.05) is 6.54 Å². The van der Waals surface area contributed by atoms with Crippen molar-refractivity contribution in [3.05, 3.63) is 34.9 Å². The minimum absolute atomic E-state index is 0.278. The molecule has 2 N–H and O–H groups in total. The second-order valence-electron chi connectivity index (χ2n) is 4.98. The second kappa shape index (κ2) is 6.55. The molecule has 0 amide bonds. The molecule has 1 aromatic carbocycles. The Morgan fingerprint density at radius 2 is 2.06 bits per heavy atom. The van der Waals surface area contributed by atoms with Crippen LogP contribution in [-0.4, -0.2) is 17.6 Å². The molecule has 0 unspecified atom stereocenters. The summed E-state index contributed by atoms with van der Waals surface area (Å²) in [4.78, 5) is 10.3. The number of hydrogen-bond acceptors (Lipinski definition) is 2. The predicted octanol–water partition coefficient (Wildman–Crippen LogP) is 2.52. The van der Waals surface area contributed by atoms with Crippen molar-refractivity contribution in [3.8, 4) is 0 Å². The maximum absolute atomic E-state index is 10.3. The fourth-order valence-corrected chi connectivity index (χ4v) is 2.49. The van der Waals surface area contributed by atoms with Gasteiger partial charge in [-0.05, 0) is 55.3 Å². The lowest BCUT2D eigenvalue weighted by molar-refractivity contribution is -0.137. The molecule has 0 aliphatic heterocycles. The molecule has 0 heterocycles. The van der Waals surface area contributed by atoms with Crippen molar-refractivity contribution in [2.24, 2.45) is 0 Å². The summed E-state index contributed by atoms with van der Waals surface area (Å²) in [6.45, 7) is 1.78. The van der Waals surface area contributed by atoms with Gasteiger partial charge < -0.3 is 10.4 Å². The third kappa shape index (κ3) is 3.84. The highest BCUT2D eigenvalue weighted by Crippen LogP contribution is 2.22. The quantitative estimate of drug-likeness (QED) is 0.728. The number of aliphatic carboxylic acids is 1. The molecule has 0 saturated heterocycles. The van der Waals surface area contributed by atoms with Crippen molar-refractivity contribution in [1.82, 2.24) is 5.32 Å². The van der Waals surface area contributed by atoms with Crippen molar-refractivity contribution < 1.29 is 9.90 Å². The van der Waals surface area contributed by atoms with Crippen LogP contribution in [0.5, 0.6) is 0 Å². The fraction of sp³-hybridized carbons (Fsp3) is 0.533. The Labute approximate surface area is 108 Å². The molecule has 0 spiro atoms. The van der Waals surface area contributed by atoms with Gasteiger partial charge in [0.05, 0.1) is 0 Å². The van der Waals surface area contributed by atoms with Crippen molar-refractivity contribution in [1.29, 1.82) is 0 Å². The molecule has 1 aromatic rings. The summed E-state index contributed by atoms with van der Waals surface area (Å²) in [5.41, 5.74) is 4.37. The molecule has 0 radical (unpaired) electrons. The summed E-state index contributed by atoms with van der Waals surface area (Å²) in [6, 6.07) is 6.77. The lowest BCUT2D eigenvalue weighted by Gasteiger charge is -2.06. The van der Waals surface area contributed by atoms with Gasteiger partial charge in [0.1, 0.15) is 0 Å². The molecule has 3 nitrogen and oxygen atoms in total. The Morgan fingerprint density at radius 1 is 1.22 bits per heavy atom. The Balaban J connectivity index is 1.66. The molecule has 1 aliphatic carbocycles. The largest absolute Gasteiger partial charge is 0.481 e. The van der Waals surface area contributed by atoms with E-state index < -0.39 is 5.97 Å². The average Bonchev–Trinajstić information content (AvgIpc) is 2.80. The lowest BCUT2D eigenvalue weighted by atomic mass is 10.1. The van der Waals surface area contributed by atoms with Gasteiger partial charge in [-0.3, -0.25) is 4.79 Å². The van der Waals surface area contributed by atoms with E-state index in [4.69, 9.17) is 5.11 Å². The normalized spacial score (nSPS) is 13.6. The van der Waals surface area contributed by atoms with Crippen LogP contribution in [0.2, 0.25) is 0 Å². The second-order valence-corrected chi connectivity index (χ2v) is 4.98. The summed E-state index contributed by atoms with van der Waals surface area (Å²) in [6.07, 6.45) is 5.71. The third-order valence-electron chi connectivity index (χ3n) is 3.49. The molecule has 0 atom stereocenters. The maximum Gasteiger partial charge on any atom is 0.303 e. The number of rotatable bonds is 7. The highest BCUT2D eigenvalue weighted by atomic mass is 16.4. The van der Waals surface area contributed by atoms with Crippen LogP contribution in [0.4, 0.5) is 0 Å². The van der Waals surface area contributed by atoms with Gasteiger partial charge in [-0.2, -0.15) is 0 Å². The SMILES string of the molecule is O=C(O)CCCCNCc1ccc2c(c1)CCC2. The van der Waals surface area contributed by atoms with Gasteiger partial charge in [0.2, 0.25) is 0 Å². The van der Waals surface area contributed by atoms with Gasteiger partial charge in [-0.1, -0.05) is 18.2 Å². The van der Waals surface area contributed by atoms with E-state index in [-0.39, 0.29) is 6.42 Å². The van der Waals surface area contributed by atoms with Crippen LogP contribution in [-0.2, 0) is 24.2 Å². The van der Waals surface area contributed by atoms with Gasteiger partial charge in [-0.25, -0.2) is 0 Å². The smallest absolute Gasteiger partial charge is 0.303 e. The van der Waals surface area contributed by atoms with Crippen molar-refractivity contribution in [2.45, 2.75) is 45.1 Å². The number of fused-ring (bicyclic) bond motifs is 1. The highest BCUT2D eigenvalue weighted by molar-refractivity contribution is 5.66. The van der Waals surface area contributed by atoms with E-state index in [9.17, 15) is 4.79 Å². The monoisotopic (exact) mass is 247 g/mol. The first-order valence-electron chi connectivity index (χ1n) is 6.79. The predicted molar refractivity (Wildman–Crippen MR) is 71.7 cm³/mol. The molecule has 18 heavy (non-hydrogen) atoms. The molecule has 0 fully saturated rings. The first-order chi connectivity index (χ1) is 8.75. The van der Waals surface area contributed by atoms with Crippen molar-refractivity contribution in [3.63, 3.8) is 0 Å². The Kier molecular flexibility index (Phi) is 4.76. The van der Waals surface area contributed by atoms with Crippen molar-refractivity contribution >= 4 is 5.97 Å². The zero-order valence-corrected chi connectivity index (χ0v) is 10.7. The average molecular weight is 247 g/mol. The zero-order valence-electron chi connectivity index (χ0n) is 10.7. The summed E-state index contributed by atoms with van der Waals surface area (Å²) in [5, 5.41) is 11.9. The van der Waals surface area contributed by atoms with E-state index in [1.807, 2.05) is 0 Å². The number of benzene rings is 1. The first kappa shape index (κ1) is 13.1. The Bertz CT molecular complexity index is 415. The molecule has 0 bridgehead atoms. The standard InChI is InChI=1S/C15H21NO2/c17-15(18)6-1-2-9-16-11-12-7-8-13-4-3-5-14(13)10-12/h7-8,10,16H,1-6,9,11H2,(H,17,18). The van der Waals surface area contributed by atoms with E-state index in [1.165, 1.54) is 36.0 Å². The molecule has 98 valence electrons. The number of carboxylic acid groups (broad SMARTS) is 1. The van der Waals surface area contributed by atoms with Crippen LogP contribution < -0.4 is 5.32 Å². The van der Waals surface area contributed by atoms with Crippen LogP contribution >= 0.6 is 0 Å². The van der Waals surface area contributed by atoms with Crippen LogP contribution in [0.1, 0.15) is 42.4 Å². The van der Waals surface area contributed by atoms with E-state index >= 15 is 0 Å². The topological polar surface area (TPSA) is 49.3 Å². The van der Waals surface area contributed by atoms with Gasteiger partial charge in [0.15, 0.2) is 0 Å². The summed E-state index contributed by atoms with van der Waals surface area (Å²) in [5.74, 6) is -0.700. The lowest BCUT2D eigenvalue weighted by Crippen LogP contribution is -2.15. The summed E-state index contributed by atoms with van der Waals surface area (Å²) < 4.78 is 0. The number of unbranched alkanes of at least 4 members (excludes halogenated alkanes) is 1. The Hall–Kier alpha value is -1.35. The molecule has 0 aromatic heterocycles. The van der Waals surface area contributed by atoms with Crippen LogP contribution in [0, 0.1) is 0 Å². The minimum atomic E-state index is -0.700. The fourth-order valence-electron chi connectivity index (χ4n) is 2.49. The first-order valence-corrected chi connectivity index (χ1v) is 6.79. The van der Waals surface area contributed by atoms with Gasteiger partial charge in [-0.15, -0.1) is 0 Å². The van der Waals surface area contributed by atoms with Gasteiger partial charge >= 0.3 is 5.97 Å². The van der Waals surface area contributed by atoms with Crippen LogP contribution in [0.3, 0.4) is 0 Å². The van der Waals surface area contributed by atoms with Gasteiger partial charge in [0, 0.05) is 13.0 Å². The van der Waals surface area contributed by atoms with E-state index in [0.29, 0.717) is 0 Å². The summed E-state index contributed by atoms with van der Waals surface area (Å²) in [7, 11) is 0. The van der Waals surface area contributed by atoms with Crippen LogP contribution in [0.15, 0.2) is 18.2 Å². The number of aryl methyl sites for hydroxylation is 2. The molecule has 0 saturated carbocycles. The molecule has 3 heteroatoms. The van der Waals surface area contributed by atoms with Gasteiger partial charge in [0.25, 0.3) is 0 Å². The third-order valence-corrected chi connectivity index (χ3v) is 3.49. The summed E-state index contributed by atoms with van der Waals surface area (Å²) >= 11 is 0. The number of carbonyl (C=O) groups is 1. The Morgan fingerprint density at radius 3 is 2.89 bits per heavy atom. The van der Waals surface area contributed by atoms with E-state index in [2.05, 4.69) is 23.5 Å². The molecule has 1 aliphatic rings. The number of nitrogens with one attached hydrogen (secondary N) is 1. The molecular formula is C15H21NO2. The number of hydrogen-bond donors (Lipinski definition) is 2. The maximum atomic E-state index is 10.3. The minimum Gasteiger partial charge on any atom is -0.481 e. The molecule has 2 rings (SSSR count).